The third-order valence-electron chi connectivity index (χ3n) is 2.98. The Hall–Kier alpha value is -1.91. The van der Waals surface area contributed by atoms with Gasteiger partial charge in [-0.3, -0.25) is 9.59 Å². The maximum absolute atomic E-state index is 12.4. The van der Waals surface area contributed by atoms with Gasteiger partial charge in [-0.2, -0.15) is 0 Å². The maximum atomic E-state index is 12.4. The second kappa shape index (κ2) is 5.16. The summed E-state index contributed by atoms with van der Waals surface area (Å²) in [6.07, 6.45) is 2.99. The first-order chi connectivity index (χ1) is 8.59. The van der Waals surface area contributed by atoms with Crippen LogP contribution in [0.5, 0.6) is 0 Å². The first-order valence-corrected chi connectivity index (χ1v) is 6.03. The average Bonchev–Trinajstić information content (AvgIpc) is 2.38. The van der Waals surface area contributed by atoms with E-state index in [4.69, 9.17) is 0 Å². The number of piperidine rings is 1. The molecule has 1 aromatic rings. The molecule has 1 fully saturated rings. The Morgan fingerprint density at radius 3 is 2.89 bits per heavy atom. The number of aromatic nitrogens is 1. The smallest absolute Gasteiger partial charge is 0.258 e. The summed E-state index contributed by atoms with van der Waals surface area (Å²) < 4.78 is 0. The number of hydrogen-bond acceptors (Lipinski definition) is 4. The van der Waals surface area contributed by atoms with E-state index in [1.54, 1.807) is 28.1 Å². The van der Waals surface area contributed by atoms with Crippen LogP contribution in [-0.2, 0) is 4.79 Å². The quantitative estimate of drug-likeness (QED) is 0.781. The largest absolute Gasteiger partial charge is 0.362 e. The summed E-state index contributed by atoms with van der Waals surface area (Å²) in [5, 5.41) is 0. The Bertz CT molecular complexity index is 471. The molecule has 0 aliphatic carbocycles. The van der Waals surface area contributed by atoms with Crippen molar-refractivity contribution < 1.29 is 9.59 Å². The predicted molar refractivity (Wildman–Crippen MR) is 68.7 cm³/mol. The molecule has 2 heterocycles. The van der Waals surface area contributed by atoms with E-state index in [1.165, 1.54) is 0 Å². The minimum absolute atomic E-state index is 0.111. The van der Waals surface area contributed by atoms with Crippen LogP contribution in [0.4, 0.5) is 5.82 Å². The van der Waals surface area contributed by atoms with E-state index in [9.17, 15) is 9.59 Å². The van der Waals surface area contributed by atoms with Crippen LogP contribution in [-0.4, -0.2) is 48.8 Å². The molecule has 18 heavy (non-hydrogen) atoms. The van der Waals surface area contributed by atoms with Crippen molar-refractivity contribution in [2.24, 2.45) is 0 Å². The van der Waals surface area contributed by atoms with Gasteiger partial charge < -0.3 is 9.80 Å². The number of likely N-dealkylation sites (tertiary alicyclic amines) is 1. The molecule has 0 unspecified atom stereocenters. The van der Waals surface area contributed by atoms with Crippen molar-refractivity contribution in [1.29, 1.82) is 0 Å². The lowest BCUT2D eigenvalue weighted by Gasteiger charge is -2.27. The van der Waals surface area contributed by atoms with Crippen LogP contribution in [0.2, 0.25) is 0 Å². The van der Waals surface area contributed by atoms with Crippen molar-refractivity contribution in [3.63, 3.8) is 0 Å². The molecular weight excluding hydrogens is 230 g/mol. The number of Topliss-reactive ketones (excluding diaryl/α,β-unsaturated/α-hetero) is 1. The molecule has 1 aliphatic heterocycles. The second-order valence-corrected chi connectivity index (χ2v) is 4.64. The number of amides is 1. The van der Waals surface area contributed by atoms with E-state index < -0.39 is 0 Å². The molecule has 5 nitrogen and oxygen atoms in total. The van der Waals surface area contributed by atoms with E-state index in [1.807, 2.05) is 14.1 Å². The van der Waals surface area contributed by atoms with Crippen molar-refractivity contribution in [2.75, 3.05) is 32.1 Å². The highest BCUT2D eigenvalue weighted by molar-refractivity contribution is 6.01. The molecule has 5 heteroatoms. The second-order valence-electron chi connectivity index (χ2n) is 4.64. The number of anilines is 1. The Morgan fingerprint density at radius 1 is 1.44 bits per heavy atom. The van der Waals surface area contributed by atoms with Gasteiger partial charge in [0.05, 0.1) is 12.1 Å². The molecule has 2 rings (SSSR count). The number of rotatable bonds is 2. The first-order valence-electron chi connectivity index (χ1n) is 6.03. The molecular formula is C13H17N3O2. The number of carbonyl (C=O) groups is 2. The molecule has 0 N–H and O–H groups in total. The molecule has 1 aromatic heterocycles. The molecule has 0 bridgehead atoms. The molecule has 0 radical (unpaired) electrons. The minimum atomic E-state index is -0.111. The van der Waals surface area contributed by atoms with Gasteiger partial charge in [-0.15, -0.1) is 0 Å². The predicted octanol–water partition coefficient (Wildman–Crippen LogP) is 0.953. The van der Waals surface area contributed by atoms with Gasteiger partial charge in [0.1, 0.15) is 5.82 Å². The lowest BCUT2D eigenvalue weighted by Crippen LogP contribution is -2.40. The Balaban J connectivity index is 2.25. The molecule has 0 spiro atoms. The summed E-state index contributed by atoms with van der Waals surface area (Å²) in [7, 11) is 3.70. The summed E-state index contributed by atoms with van der Waals surface area (Å²) in [6.45, 7) is 0.868. The van der Waals surface area contributed by atoms with Crippen molar-refractivity contribution >= 4 is 17.5 Å². The SMILES string of the molecule is CN(C)c1ncccc1C(=O)N1CCCC(=O)C1. The third kappa shape index (κ3) is 2.50. The number of carbonyl (C=O) groups excluding carboxylic acids is 2. The zero-order valence-corrected chi connectivity index (χ0v) is 10.7. The van der Waals surface area contributed by atoms with Gasteiger partial charge >= 0.3 is 0 Å². The summed E-state index contributed by atoms with van der Waals surface area (Å²) in [4.78, 5) is 31.4. The van der Waals surface area contributed by atoms with Crippen LogP contribution in [0.15, 0.2) is 18.3 Å². The van der Waals surface area contributed by atoms with Crippen LogP contribution >= 0.6 is 0 Å². The Morgan fingerprint density at radius 2 is 2.22 bits per heavy atom. The Labute approximate surface area is 106 Å². The summed E-state index contributed by atoms with van der Waals surface area (Å²) in [5.74, 6) is 0.658. The molecule has 0 atom stereocenters. The number of ketones is 1. The van der Waals surface area contributed by atoms with Gasteiger partial charge in [0.15, 0.2) is 5.78 Å². The van der Waals surface area contributed by atoms with Gasteiger partial charge in [0, 0.05) is 33.3 Å². The molecule has 96 valence electrons. The van der Waals surface area contributed by atoms with Gasteiger partial charge in [-0.25, -0.2) is 4.98 Å². The van der Waals surface area contributed by atoms with Gasteiger partial charge in [-0.05, 0) is 18.6 Å². The van der Waals surface area contributed by atoms with Gasteiger partial charge in [0.25, 0.3) is 5.91 Å². The highest BCUT2D eigenvalue weighted by Crippen LogP contribution is 2.18. The standard InChI is InChI=1S/C13H17N3O2/c1-15(2)12-11(6-3-7-14-12)13(18)16-8-4-5-10(17)9-16/h3,6-7H,4-5,8-9H2,1-2H3. The summed E-state index contributed by atoms with van der Waals surface area (Å²) in [5.41, 5.74) is 0.553. The zero-order valence-electron chi connectivity index (χ0n) is 10.7. The van der Waals surface area contributed by atoms with Crippen LogP contribution in [0.3, 0.4) is 0 Å². The van der Waals surface area contributed by atoms with Crippen molar-refractivity contribution in [1.82, 2.24) is 9.88 Å². The molecule has 1 saturated heterocycles. The molecule has 0 saturated carbocycles. The fraction of sp³-hybridized carbons (Fsp3) is 0.462. The molecule has 1 amide bonds. The van der Waals surface area contributed by atoms with Crippen LogP contribution in [0, 0.1) is 0 Å². The zero-order chi connectivity index (χ0) is 13.1. The fourth-order valence-corrected chi connectivity index (χ4v) is 2.10. The van der Waals surface area contributed by atoms with Crippen molar-refractivity contribution in [2.45, 2.75) is 12.8 Å². The first kappa shape index (κ1) is 12.5. The van der Waals surface area contributed by atoms with Crippen LogP contribution < -0.4 is 4.90 Å². The lowest BCUT2D eigenvalue weighted by atomic mass is 10.1. The van der Waals surface area contributed by atoms with Crippen LogP contribution in [0.25, 0.3) is 0 Å². The topological polar surface area (TPSA) is 53.5 Å². The van der Waals surface area contributed by atoms with Gasteiger partial charge in [-0.1, -0.05) is 0 Å². The highest BCUT2D eigenvalue weighted by Gasteiger charge is 2.24. The fourth-order valence-electron chi connectivity index (χ4n) is 2.10. The monoisotopic (exact) mass is 247 g/mol. The van der Waals surface area contributed by atoms with E-state index in [0.717, 1.165) is 6.42 Å². The number of hydrogen-bond donors (Lipinski definition) is 0. The van der Waals surface area contributed by atoms with E-state index in [0.29, 0.717) is 24.3 Å². The van der Waals surface area contributed by atoms with E-state index in [2.05, 4.69) is 4.98 Å². The van der Waals surface area contributed by atoms with E-state index in [-0.39, 0.29) is 18.2 Å². The average molecular weight is 247 g/mol. The van der Waals surface area contributed by atoms with E-state index >= 15 is 0 Å². The van der Waals surface area contributed by atoms with Gasteiger partial charge in [0.2, 0.25) is 0 Å². The van der Waals surface area contributed by atoms with Crippen LogP contribution in [0.1, 0.15) is 23.2 Å². The normalized spacial score (nSPS) is 15.7. The maximum Gasteiger partial charge on any atom is 0.258 e. The van der Waals surface area contributed by atoms with Crippen molar-refractivity contribution in [3.05, 3.63) is 23.9 Å². The number of nitrogens with zero attached hydrogens (tertiary/aromatic N) is 3. The molecule has 0 aromatic carbocycles. The summed E-state index contributed by atoms with van der Waals surface area (Å²) in [6, 6.07) is 3.50. The minimum Gasteiger partial charge on any atom is -0.362 e. The molecule has 1 aliphatic rings. The van der Waals surface area contributed by atoms with Crippen molar-refractivity contribution in [3.8, 4) is 0 Å². The highest BCUT2D eigenvalue weighted by atomic mass is 16.2. The Kier molecular flexibility index (Phi) is 3.60. The number of pyridine rings is 1. The third-order valence-corrected chi connectivity index (χ3v) is 2.98. The lowest BCUT2D eigenvalue weighted by molar-refractivity contribution is -0.121. The summed E-state index contributed by atoms with van der Waals surface area (Å²) >= 11 is 0.